The van der Waals surface area contributed by atoms with Gasteiger partial charge in [0.2, 0.25) is 0 Å². The largest absolute Gasteiger partial charge is 0.281 e. The average molecular weight is 274 g/mol. The van der Waals surface area contributed by atoms with Crippen molar-refractivity contribution < 1.29 is 8.42 Å². The normalized spacial score (nSPS) is 23.2. The van der Waals surface area contributed by atoms with Crippen LogP contribution >= 0.6 is 0 Å². The topological polar surface area (TPSA) is 40.6 Å². The molecule has 0 aromatic rings. The van der Waals surface area contributed by atoms with Crippen LogP contribution in [0.25, 0.3) is 0 Å². The van der Waals surface area contributed by atoms with Gasteiger partial charge >= 0.3 is 0 Å². The van der Waals surface area contributed by atoms with Crippen LogP contribution < -0.4 is 0 Å². The number of nitrogens with zero attached hydrogens (tertiary/aromatic N) is 2. The van der Waals surface area contributed by atoms with E-state index in [1.165, 1.54) is 25.7 Å². The van der Waals surface area contributed by atoms with Gasteiger partial charge in [0.15, 0.2) is 0 Å². The third kappa shape index (κ3) is 3.68. The second-order valence-electron chi connectivity index (χ2n) is 5.62. The van der Waals surface area contributed by atoms with Gasteiger partial charge in [-0.25, -0.2) is 0 Å². The zero-order valence-corrected chi connectivity index (χ0v) is 12.3. The first-order valence-corrected chi connectivity index (χ1v) is 8.79. The highest BCUT2D eigenvalue weighted by molar-refractivity contribution is 7.86. The van der Waals surface area contributed by atoms with Gasteiger partial charge in [-0.1, -0.05) is 19.8 Å². The van der Waals surface area contributed by atoms with Crippen LogP contribution in [0.15, 0.2) is 0 Å². The van der Waals surface area contributed by atoms with Gasteiger partial charge in [-0.2, -0.15) is 17.0 Å². The van der Waals surface area contributed by atoms with Crippen molar-refractivity contribution in [2.24, 2.45) is 5.92 Å². The second kappa shape index (κ2) is 6.35. The van der Waals surface area contributed by atoms with E-state index in [9.17, 15) is 8.42 Å². The maximum Gasteiger partial charge on any atom is 0.281 e. The number of hydrogen-bond donors (Lipinski definition) is 0. The molecule has 106 valence electrons. The molecule has 1 heterocycles. The van der Waals surface area contributed by atoms with Crippen LogP contribution in [0.3, 0.4) is 0 Å². The highest BCUT2D eigenvalue weighted by Crippen LogP contribution is 2.31. The van der Waals surface area contributed by atoms with Crippen molar-refractivity contribution in [2.45, 2.75) is 51.9 Å². The Balaban J connectivity index is 2.03. The van der Waals surface area contributed by atoms with Crippen LogP contribution in [-0.4, -0.2) is 43.2 Å². The smallest absolute Gasteiger partial charge is 0.195 e. The van der Waals surface area contributed by atoms with E-state index < -0.39 is 10.2 Å². The van der Waals surface area contributed by atoms with Crippen LogP contribution in [0.4, 0.5) is 0 Å². The fraction of sp³-hybridized carbons (Fsp3) is 1.00. The monoisotopic (exact) mass is 274 g/mol. The molecule has 1 aliphatic carbocycles. The molecule has 0 N–H and O–H groups in total. The number of rotatable bonds is 6. The van der Waals surface area contributed by atoms with Crippen LogP contribution in [0.2, 0.25) is 0 Å². The molecule has 0 aromatic carbocycles. The summed E-state index contributed by atoms with van der Waals surface area (Å²) in [5, 5.41) is 0. The average Bonchev–Trinajstić information content (AvgIpc) is 3.15. The first-order valence-electron chi connectivity index (χ1n) is 7.40. The van der Waals surface area contributed by atoms with Gasteiger partial charge in [-0.05, 0) is 38.0 Å². The molecule has 18 heavy (non-hydrogen) atoms. The third-order valence-corrected chi connectivity index (χ3v) is 5.85. The predicted octanol–water partition coefficient (Wildman–Crippen LogP) is 2.23. The molecule has 0 spiro atoms. The van der Waals surface area contributed by atoms with E-state index in [1.807, 2.05) is 0 Å². The maximum absolute atomic E-state index is 12.6. The van der Waals surface area contributed by atoms with Crippen molar-refractivity contribution in [1.82, 2.24) is 8.61 Å². The minimum atomic E-state index is -3.20. The Morgan fingerprint density at radius 3 is 2.22 bits per heavy atom. The molecular formula is C13H26N2O2S. The molecule has 0 aromatic heterocycles. The summed E-state index contributed by atoms with van der Waals surface area (Å²) >= 11 is 0. The molecule has 0 bridgehead atoms. The van der Waals surface area contributed by atoms with Crippen molar-refractivity contribution in [3.05, 3.63) is 0 Å². The lowest BCUT2D eigenvalue weighted by molar-refractivity contribution is 0.332. The van der Waals surface area contributed by atoms with Crippen molar-refractivity contribution in [3.63, 3.8) is 0 Å². The van der Waals surface area contributed by atoms with Gasteiger partial charge in [-0.3, -0.25) is 0 Å². The summed E-state index contributed by atoms with van der Waals surface area (Å²) in [6.07, 6.45) is 7.68. The van der Waals surface area contributed by atoms with E-state index in [0.29, 0.717) is 25.6 Å². The van der Waals surface area contributed by atoms with Crippen molar-refractivity contribution in [2.75, 3.05) is 26.2 Å². The molecule has 1 saturated carbocycles. The molecule has 4 nitrogen and oxygen atoms in total. The lowest BCUT2D eigenvalue weighted by atomic mass is 10.2. The van der Waals surface area contributed by atoms with E-state index in [1.54, 1.807) is 8.61 Å². The summed E-state index contributed by atoms with van der Waals surface area (Å²) in [5.41, 5.74) is 0. The van der Waals surface area contributed by atoms with E-state index in [4.69, 9.17) is 0 Å². The SMILES string of the molecule is CCCN(CC1CC1)S(=O)(=O)N1CCCCCC1. The first kappa shape index (κ1) is 14.3. The summed E-state index contributed by atoms with van der Waals surface area (Å²) in [4.78, 5) is 0. The van der Waals surface area contributed by atoms with E-state index in [2.05, 4.69) is 6.92 Å². The lowest BCUT2D eigenvalue weighted by Gasteiger charge is -2.29. The van der Waals surface area contributed by atoms with Crippen LogP contribution in [0, 0.1) is 5.92 Å². The molecule has 1 aliphatic heterocycles. The van der Waals surface area contributed by atoms with Crippen molar-refractivity contribution in [3.8, 4) is 0 Å². The molecule has 0 amide bonds. The number of hydrogen-bond acceptors (Lipinski definition) is 2. The summed E-state index contributed by atoms with van der Waals surface area (Å²) in [7, 11) is -3.20. The van der Waals surface area contributed by atoms with Crippen LogP contribution in [-0.2, 0) is 10.2 Å². The highest BCUT2D eigenvalue weighted by atomic mass is 32.2. The zero-order valence-electron chi connectivity index (χ0n) is 11.5. The predicted molar refractivity (Wildman–Crippen MR) is 73.5 cm³/mol. The summed E-state index contributed by atoms with van der Waals surface area (Å²) in [6.45, 7) is 4.90. The van der Waals surface area contributed by atoms with Gasteiger partial charge < -0.3 is 0 Å². The Hall–Kier alpha value is -0.130. The van der Waals surface area contributed by atoms with Crippen LogP contribution in [0.5, 0.6) is 0 Å². The van der Waals surface area contributed by atoms with E-state index in [-0.39, 0.29) is 0 Å². The quantitative estimate of drug-likeness (QED) is 0.745. The standard InChI is InChI=1S/C13H26N2O2S/c1-2-9-15(12-13-7-8-13)18(16,17)14-10-5-3-4-6-11-14/h13H,2-12H2,1H3. The Morgan fingerprint density at radius 1 is 1.11 bits per heavy atom. The Bertz CT molecular complexity index is 344. The summed E-state index contributed by atoms with van der Waals surface area (Å²) in [5.74, 6) is 0.623. The molecular weight excluding hydrogens is 248 g/mol. The van der Waals surface area contributed by atoms with Crippen LogP contribution in [0.1, 0.15) is 51.9 Å². The highest BCUT2D eigenvalue weighted by Gasteiger charge is 2.33. The molecule has 2 fully saturated rings. The minimum Gasteiger partial charge on any atom is -0.195 e. The Labute approximate surface area is 112 Å². The maximum atomic E-state index is 12.6. The fourth-order valence-electron chi connectivity index (χ4n) is 2.57. The molecule has 2 aliphatic rings. The molecule has 0 unspecified atom stereocenters. The van der Waals surface area contributed by atoms with Gasteiger partial charge in [-0.15, -0.1) is 0 Å². The van der Waals surface area contributed by atoms with Crippen molar-refractivity contribution >= 4 is 10.2 Å². The Kier molecular flexibility index (Phi) is 5.04. The third-order valence-electron chi connectivity index (χ3n) is 3.85. The first-order chi connectivity index (χ1) is 8.64. The van der Waals surface area contributed by atoms with Gasteiger partial charge in [0.05, 0.1) is 0 Å². The lowest BCUT2D eigenvalue weighted by Crippen LogP contribution is -2.45. The summed E-state index contributed by atoms with van der Waals surface area (Å²) in [6, 6.07) is 0. The molecule has 5 heteroatoms. The Morgan fingerprint density at radius 2 is 1.72 bits per heavy atom. The molecule has 1 saturated heterocycles. The van der Waals surface area contributed by atoms with Gasteiger partial charge in [0, 0.05) is 26.2 Å². The molecule has 0 radical (unpaired) electrons. The van der Waals surface area contributed by atoms with Gasteiger partial charge in [0.1, 0.15) is 0 Å². The fourth-order valence-corrected chi connectivity index (χ4v) is 4.43. The van der Waals surface area contributed by atoms with E-state index >= 15 is 0 Å². The van der Waals surface area contributed by atoms with Crippen molar-refractivity contribution in [1.29, 1.82) is 0 Å². The molecule has 0 atom stereocenters. The summed E-state index contributed by atoms with van der Waals surface area (Å²) < 4.78 is 28.7. The second-order valence-corrected chi connectivity index (χ2v) is 7.55. The van der Waals surface area contributed by atoms with Gasteiger partial charge in [0.25, 0.3) is 10.2 Å². The molecule has 2 rings (SSSR count). The van der Waals surface area contributed by atoms with E-state index in [0.717, 1.165) is 25.8 Å². The zero-order chi connectivity index (χ0) is 13.0. The minimum absolute atomic E-state index is 0.623.